The van der Waals surface area contributed by atoms with Crippen LogP contribution in [-0.2, 0) is 22.5 Å². The van der Waals surface area contributed by atoms with Gasteiger partial charge in [-0.2, -0.15) is 0 Å². The summed E-state index contributed by atoms with van der Waals surface area (Å²) in [6.45, 7) is 8.25. The highest BCUT2D eigenvalue weighted by atomic mass is 35.5. The Balaban J connectivity index is 1.42. The number of methoxy groups -OCH3 is 1. The van der Waals surface area contributed by atoms with Gasteiger partial charge >= 0.3 is 0 Å². The van der Waals surface area contributed by atoms with Gasteiger partial charge in [0.1, 0.15) is 13.2 Å². The Labute approximate surface area is 272 Å². The third-order valence-corrected chi connectivity index (χ3v) is 8.75. The number of aromatic nitrogens is 1. The van der Waals surface area contributed by atoms with Crippen LogP contribution in [0.1, 0.15) is 66.3 Å². The molecule has 2 aromatic carbocycles. The zero-order chi connectivity index (χ0) is 31.6. The molecule has 0 saturated heterocycles. The Bertz CT molecular complexity index is 1360. The lowest BCUT2D eigenvalue weighted by Crippen LogP contribution is -2.42. The molecule has 0 bridgehead atoms. The van der Waals surface area contributed by atoms with Gasteiger partial charge in [-0.3, -0.25) is 4.79 Å². The van der Waals surface area contributed by atoms with Crippen molar-refractivity contribution in [2.45, 2.75) is 71.4 Å². The van der Waals surface area contributed by atoms with Gasteiger partial charge in [-0.25, -0.2) is 4.98 Å². The Morgan fingerprint density at radius 1 is 1.05 bits per heavy atom. The average molecular weight is 643 g/mol. The Morgan fingerprint density at radius 2 is 1.77 bits per heavy atom. The summed E-state index contributed by atoms with van der Waals surface area (Å²) in [6.07, 6.45) is 6.49. The Hall–Kier alpha value is -2.84. The van der Waals surface area contributed by atoms with Gasteiger partial charge in [-0.1, -0.05) is 60.8 Å². The normalized spacial score (nSPS) is 14.2. The van der Waals surface area contributed by atoms with Crippen LogP contribution >= 0.6 is 23.2 Å². The van der Waals surface area contributed by atoms with Gasteiger partial charge in [-0.15, -0.1) is 0 Å². The van der Waals surface area contributed by atoms with E-state index in [-0.39, 0.29) is 43.5 Å². The van der Waals surface area contributed by atoms with Gasteiger partial charge in [0.05, 0.1) is 22.6 Å². The van der Waals surface area contributed by atoms with E-state index >= 15 is 0 Å². The summed E-state index contributed by atoms with van der Waals surface area (Å²) >= 11 is 12.5. The van der Waals surface area contributed by atoms with Crippen LogP contribution in [0.3, 0.4) is 0 Å². The highest BCUT2D eigenvalue weighted by Crippen LogP contribution is 2.36. The summed E-state index contributed by atoms with van der Waals surface area (Å²) in [6, 6.07) is 14.2. The number of carbonyl (C=O) groups is 1. The number of nitrogens with two attached hydrogens (primary N) is 1. The first-order chi connectivity index (χ1) is 21.2. The third-order valence-electron chi connectivity index (χ3n) is 8.19. The van der Waals surface area contributed by atoms with Crippen molar-refractivity contribution in [1.82, 2.24) is 9.88 Å². The second-order valence-corrected chi connectivity index (χ2v) is 12.4. The molecule has 1 heterocycles. The topological polar surface area (TPSA) is 86.9 Å². The third kappa shape index (κ3) is 9.10. The van der Waals surface area contributed by atoms with Gasteiger partial charge in [0.15, 0.2) is 5.75 Å². The lowest BCUT2D eigenvalue weighted by atomic mass is 9.82. The van der Waals surface area contributed by atoms with Crippen LogP contribution in [0.15, 0.2) is 48.7 Å². The zero-order valence-electron chi connectivity index (χ0n) is 26.3. The molecular formula is C35H45Cl2N3O4. The summed E-state index contributed by atoms with van der Waals surface area (Å²) in [7, 11) is 1.72. The van der Waals surface area contributed by atoms with Crippen LogP contribution < -0.4 is 15.2 Å². The summed E-state index contributed by atoms with van der Waals surface area (Å²) in [4.78, 5) is 20.8. The van der Waals surface area contributed by atoms with Crippen molar-refractivity contribution in [3.05, 3.63) is 86.5 Å². The van der Waals surface area contributed by atoms with E-state index in [1.54, 1.807) is 7.11 Å². The molecule has 9 heteroatoms. The van der Waals surface area contributed by atoms with Crippen LogP contribution in [0.25, 0.3) is 0 Å². The minimum absolute atomic E-state index is 0.0383. The molecule has 0 radical (unpaired) electrons. The number of amides is 1. The molecule has 0 aliphatic heterocycles. The molecule has 44 heavy (non-hydrogen) atoms. The fourth-order valence-electron chi connectivity index (χ4n) is 5.60. The first-order valence-corrected chi connectivity index (χ1v) is 16.3. The molecule has 7 nitrogen and oxygen atoms in total. The highest BCUT2D eigenvalue weighted by molar-refractivity contribution is 6.37. The molecule has 1 aliphatic rings. The van der Waals surface area contributed by atoms with Gasteiger partial charge in [0, 0.05) is 38.5 Å². The van der Waals surface area contributed by atoms with Gasteiger partial charge in [0.25, 0.3) is 0 Å². The lowest BCUT2D eigenvalue weighted by molar-refractivity contribution is -0.137. The summed E-state index contributed by atoms with van der Waals surface area (Å²) in [5, 5.41) is 0.934. The fraction of sp³-hybridized carbons (Fsp3) is 0.486. The maximum atomic E-state index is 14.2. The molecular weight excluding hydrogens is 597 g/mol. The number of ether oxygens (including phenoxy) is 3. The van der Waals surface area contributed by atoms with Crippen LogP contribution in [0, 0.1) is 19.8 Å². The molecule has 2 atom stereocenters. The van der Waals surface area contributed by atoms with E-state index < -0.39 is 0 Å². The molecule has 1 aliphatic carbocycles. The number of nitrogens with zero attached hydrogens (tertiary/aromatic N) is 2. The number of aryl methyl sites for hydroxylation is 2. The first kappa shape index (κ1) is 34.0. The largest absolute Gasteiger partial charge is 0.487 e. The number of pyridine rings is 1. The van der Waals surface area contributed by atoms with E-state index in [1.807, 2.05) is 37.4 Å². The summed E-state index contributed by atoms with van der Waals surface area (Å²) < 4.78 is 16.8. The molecule has 4 rings (SSSR count). The Morgan fingerprint density at radius 3 is 2.39 bits per heavy atom. The minimum Gasteiger partial charge on any atom is -0.487 e. The maximum absolute atomic E-state index is 14.2. The first-order valence-electron chi connectivity index (χ1n) is 15.5. The lowest BCUT2D eigenvalue weighted by Gasteiger charge is -2.32. The number of rotatable bonds is 17. The molecule has 1 amide bonds. The molecule has 1 fully saturated rings. The predicted octanol–water partition coefficient (Wildman–Crippen LogP) is 7.30. The molecule has 1 aromatic heterocycles. The van der Waals surface area contributed by atoms with Crippen molar-refractivity contribution in [3.63, 3.8) is 0 Å². The standard InChI is InChI=1S/C35H45Cl2N3O4/c1-5-6-29(26-9-12-33(39-21-26)43-15-16-44-34-31(36)17-23(2)18-32(34)37)30(20-38)35(41)40(28-10-11-28)22-27-19-25(13-14-42-4)8-7-24(27)3/h7-9,12,17-19,21,28-30H,5-6,10-11,13-16,20,22,38H2,1-4H3. The van der Waals surface area contributed by atoms with Crippen LogP contribution in [-0.4, -0.2) is 55.3 Å². The second kappa shape index (κ2) is 16.5. The van der Waals surface area contributed by atoms with Crippen LogP contribution in [0.2, 0.25) is 10.0 Å². The highest BCUT2D eigenvalue weighted by Gasteiger charge is 2.38. The molecule has 2 unspecified atom stereocenters. The second-order valence-electron chi connectivity index (χ2n) is 11.6. The molecule has 1 saturated carbocycles. The van der Waals surface area contributed by atoms with Gasteiger partial charge in [0.2, 0.25) is 11.8 Å². The van der Waals surface area contributed by atoms with E-state index in [9.17, 15) is 4.79 Å². The Kier molecular flexibility index (Phi) is 12.7. The van der Waals surface area contributed by atoms with Crippen molar-refractivity contribution in [3.8, 4) is 11.6 Å². The summed E-state index contributed by atoms with van der Waals surface area (Å²) in [5.74, 6) is 0.677. The zero-order valence-corrected chi connectivity index (χ0v) is 27.8. The van der Waals surface area contributed by atoms with E-state index in [2.05, 4.69) is 41.9 Å². The van der Waals surface area contributed by atoms with Crippen molar-refractivity contribution in [2.24, 2.45) is 11.7 Å². The van der Waals surface area contributed by atoms with E-state index in [0.29, 0.717) is 34.8 Å². The van der Waals surface area contributed by atoms with Crippen molar-refractivity contribution in [2.75, 3.05) is 33.5 Å². The number of carbonyl (C=O) groups excluding carboxylic acids is 1. The monoisotopic (exact) mass is 641 g/mol. The maximum Gasteiger partial charge on any atom is 0.228 e. The SMILES string of the molecule is CCCC(c1ccc(OCCOc2c(Cl)cc(C)cc2Cl)nc1)C(CN)C(=O)N(Cc1cc(CCOC)ccc1C)C1CC1. The smallest absolute Gasteiger partial charge is 0.228 e. The predicted molar refractivity (Wildman–Crippen MR) is 177 cm³/mol. The quantitative estimate of drug-likeness (QED) is 0.156. The van der Waals surface area contributed by atoms with Crippen molar-refractivity contribution >= 4 is 29.1 Å². The van der Waals surface area contributed by atoms with Crippen molar-refractivity contribution in [1.29, 1.82) is 0 Å². The molecule has 2 N–H and O–H groups in total. The summed E-state index contributed by atoms with van der Waals surface area (Å²) in [5.41, 5.74) is 11.9. The number of hydrogen-bond donors (Lipinski definition) is 1. The fourth-order valence-corrected chi connectivity index (χ4v) is 6.30. The van der Waals surface area contributed by atoms with E-state index in [0.717, 1.165) is 43.2 Å². The van der Waals surface area contributed by atoms with E-state index in [1.165, 1.54) is 16.7 Å². The van der Waals surface area contributed by atoms with E-state index in [4.69, 9.17) is 43.1 Å². The van der Waals surface area contributed by atoms with Gasteiger partial charge < -0.3 is 24.8 Å². The van der Waals surface area contributed by atoms with Crippen LogP contribution in [0.5, 0.6) is 11.6 Å². The minimum atomic E-state index is -0.335. The average Bonchev–Trinajstić information content (AvgIpc) is 3.85. The van der Waals surface area contributed by atoms with Crippen LogP contribution in [0.4, 0.5) is 0 Å². The van der Waals surface area contributed by atoms with Gasteiger partial charge in [-0.05, 0) is 85.4 Å². The molecule has 238 valence electrons. The number of hydrogen-bond acceptors (Lipinski definition) is 6. The number of halogens is 2. The van der Waals surface area contributed by atoms with Crippen molar-refractivity contribution < 1.29 is 19.0 Å². The molecule has 0 spiro atoms. The number of benzene rings is 2. The molecule has 3 aromatic rings.